The summed E-state index contributed by atoms with van der Waals surface area (Å²) in [6, 6.07) is -1.21. The Morgan fingerprint density at radius 3 is 1.58 bits per heavy atom. The molecule has 5 unspecified atom stereocenters. The highest BCUT2D eigenvalue weighted by Gasteiger charge is 2.52. The molecule has 2 aliphatic rings. The molecule has 0 aliphatic carbocycles. The maximum Gasteiger partial charge on any atom is 0.317 e. The van der Waals surface area contributed by atoms with Crippen LogP contribution in [-0.2, 0) is 58.5 Å². The largest absolute Gasteiger partial charge is 0.480 e. The van der Waals surface area contributed by atoms with E-state index in [1.54, 1.807) is 26.5 Å². The summed E-state index contributed by atoms with van der Waals surface area (Å²) in [6.07, 6.45) is -8.90. The van der Waals surface area contributed by atoms with Crippen LogP contribution >= 0.6 is 0 Å². The minimum absolute atomic E-state index is 0.137. The number of carbonyl (C=O) groups is 6. The third-order valence-corrected chi connectivity index (χ3v) is 11.1. The Morgan fingerprint density at radius 2 is 1.17 bits per heavy atom. The highest BCUT2D eigenvalue weighted by molar-refractivity contribution is 7.86. The van der Waals surface area contributed by atoms with Gasteiger partial charge >= 0.3 is 17.9 Å². The summed E-state index contributed by atoms with van der Waals surface area (Å²) in [6.45, 7) is 0.878. The Balaban J connectivity index is 2.05. The number of carboxylic acid groups (broad SMARTS) is 3. The second-order valence-electron chi connectivity index (χ2n) is 13.8. The van der Waals surface area contributed by atoms with Gasteiger partial charge in [0.2, 0.25) is 17.7 Å². The van der Waals surface area contributed by atoms with Crippen molar-refractivity contribution >= 4 is 55.9 Å². The standard InChI is InChI=1S/C31H55N7O19S2/c1-2-32-30(49)20(3-4-22(39)33-5-14-56-31-28(48)29(59(53,54)55)27(47)21(57-31)19-58(50,51)52)34-23(40)15-35-6-8-36(16-24(41)42)10-12-38(18-26(45)46)13-11-37(9-7-35)17-25(43)44/h20-21,27-29,31,47-48H,2-19H2,1H3,(H,32,49)(H,33,39)(H,34,40)(H,41,42)(H,43,44)(H,45,46)(H,50,51,52)(H,53,54,55)/t20-,21?,27?,28?,29?,31?/m1/s1. The average Bonchev–Trinajstić information content (AvgIpc) is 3.09. The number of hydrogen-bond acceptors (Lipinski definition) is 18. The van der Waals surface area contributed by atoms with Crippen molar-refractivity contribution in [2.45, 2.75) is 55.7 Å². The highest BCUT2D eigenvalue weighted by atomic mass is 32.2. The average molecular weight is 894 g/mol. The van der Waals surface area contributed by atoms with E-state index in [9.17, 15) is 75.7 Å². The molecular formula is C31H55N7O19S2. The third-order valence-electron chi connectivity index (χ3n) is 9.10. The number of amides is 3. The van der Waals surface area contributed by atoms with Gasteiger partial charge in [-0.3, -0.25) is 57.5 Å². The van der Waals surface area contributed by atoms with Gasteiger partial charge in [0.1, 0.15) is 35.4 Å². The lowest BCUT2D eigenvalue weighted by Crippen LogP contribution is -2.62. The Bertz CT molecular complexity index is 1620. The van der Waals surface area contributed by atoms with Crippen LogP contribution in [0.4, 0.5) is 0 Å². The SMILES string of the molecule is CCNC(=O)[C@@H](CCC(=O)NCCOC1OC(CS(=O)(=O)O)C(O)C(S(=O)(=O)O)C1O)NC(=O)CN1CCN(CC(=O)O)CCN(CC(=O)O)CCN(CC(=O)O)CC1. The van der Waals surface area contributed by atoms with Crippen LogP contribution in [0.3, 0.4) is 0 Å². The molecule has 2 saturated heterocycles. The maximum atomic E-state index is 13.3. The molecule has 26 nitrogen and oxygen atoms in total. The van der Waals surface area contributed by atoms with Crippen LogP contribution in [0.15, 0.2) is 0 Å². The molecule has 0 bridgehead atoms. The van der Waals surface area contributed by atoms with E-state index >= 15 is 0 Å². The topological polar surface area (TPSA) is 380 Å². The number of aliphatic carboxylic acids is 3. The summed E-state index contributed by atoms with van der Waals surface area (Å²) in [5.41, 5.74) is 0. The molecule has 0 saturated carbocycles. The van der Waals surface area contributed by atoms with E-state index in [0.29, 0.717) is 0 Å². The van der Waals surface area contributed by atoms with Crippen LogP contribution < -0.4 is 16.0 Å². The summed E-state index contributed by atoms with van der Waals surface area (Å²) >= 11 is 0. The maximum absolute atomic E-state index is 13.3. The highest BCUT2D eigenvalue weighted by Crippen LogP contribution is 2.27. The molecule has 6 atom stereocenters. The fourth-order valence-corrected chi connectivity index (χ4v) is 7.96. The predicted octanol–water partition coefficient (Wildman–Crippen LogP) is -6.41. The predicted molar refractivity (Wildman–Crippen MR) is 200 cm³/mol. The second-order valence-corrected chi connectivity index (χ2v) is 16.9. The molecule has 2 heterocycles. The number of rotatable bonds is 21. The second kappa shape index (κ2) is 24.5. The van der Waals surface area contributed by atoms with Gasteiger partial charge in [-0.2, -0.15) is 16.8 Å². The Hall–Kier alpha value is -3.68. The molecule has 0 radical (unpaired) electrons. The van der Waals surface area contributed by atoms with Crippen LogP contribution in [0.5, 0.6) is 0 Å². The van der Waals surface area contributed by atoms with Crippen molar-refractivity contribution in [3.05, 3.63) is 0 Å². The van der Waals surface area contributed by atoms with Crippen LogP contribution in [0, 0.1) is 0 Å². The number of likely N-dealkylation sites (N-methyl/N-ethyl adjacent to an activating group) is 1. The van der Waals surface area contributed by atoms with Gasteiger partial charge in [-0.1, -0.05) is 0 Å². The molecule has 0 aromatic carbocycles. The van der Waals surface area contributed by atoms with Crippen molar-refractivity contribution in [1.29, 1.82) is 0 Å². The number of hydrogen-bond donors (Lipinski definition) is 10. The van der Waals surface area contributed by atoms with E-state index in [0.717, 1.165) is 0 Å². The monoisotopic (exact) mass is 893 g/mol. The van der Waals surface area contributed by atoms with Gasteiger partial charge in [-0.15, -0.1) is 0 Å². The summed E-state index contributed by atoms with van der Waals surface area (Å²) in [5, 5.41) is 54.0. The molecule has 28 heteroatoms. The first kappa shape index (κ1) is 51.5. The fourth-order valence-electron chi connectivity index (χ4n) is 6.26. The van der Waals surface area contributed by atoms with Gasteiger partial charge in [-0.25, -0.2) is 0 Å². The zero-order valence-corrected chi connectivity index (χ0v) is 34.0. The van der Waals surface area contributed by atoms with Gasteiger partial charge in [0, 0.05) is 71.9 Å². The van der Waals surface area contributed by atoms with Crippen LogP contribution in [0.25, 0.3) is 0 Å². The molecular weight excluding hydrogens is 839 g/mol. The lowest BCUT2D eigenvalue weighted by Gasteiger charge is -2.40. The molecule has 340 valence electrons. The molecule has 2 aliphatic heterocycles. The van der Waals surface area contributed by atoms with Gasteiger partial charge in [0.25, 0.3) is 20.2 Å². The van der Waals surface area contributed by atoms with Crippen molar-refractivity contribution in [2.75, 3.05) is 104 Å². The lowest BCUT2D eigenvalue weighted by molar-refractivity contribution is -0.257. The van der Waals surface area contributed by atoms with Crippen molar-refractivity contribution in [2.24, 2.45) is 0 Å². The van der Waals surface area contributed by atoms with Gasteiger partial charge < -0.3 is 51.0 Å². The molecule has 10 N–H and O–H groups in total. The van der Waals surface area contributed by atoms with E-state index in [2.05, 4.69) is 16.0 Å². The number of carboxylic acids is 3. The molecule has 2 fully saturated rings. The first-order valence-electron chi connectivity index (χ1n) is 18.4. The van der Waals surface area contributed by atoms with Crippen molar-refractivity contribution in [3.63, 3.8) is 0 Å². The summed E-state index contributed by atoms with van der Waals surface area (Å²) in [4.78, 5) is 79.9. The molecule has 0 spiro atoms. The van der Waals surface area contributed by atoms with Crippen molar-refractivity contribution in [1.82, 2.24) is 35.6 Å². The Morgan fingerprint density at radius 1 is 0.712 bits per heavy atom. The number of ether oxygens (including phenoxy) is 2. The minimum Gasteiger partial charge on any atom is -0.480 e. The Labute approximate surface area is 340 Å². The van der Waals surface area contributed by atoms with E-state index in [4.69, 9.17) is 14.0 Å². The fraction of sp³-hybridized carbons (Fsp3) is 0.806. The Kier molecular flexibility index (Phi) is 21.4. The summed E-state index contributed by atoms with van der Waals surface area (Å²) in [7, 11) is -10.0. The molecule has 3 amide bonds. The quantitative estimate of drug-likeness (QED) is 0.0378. The zero-order valence-electron chi connectivity index (χ0n) is 32.3. The molecule has 2 rings (SSSR count). The first-order valence-corrected chi connectivity index (χ1v) is 21.5. The third kappa shape index (κ3) is 20.0. The lowest BCUT2D eigenvalue weighted by atomic mass is 10.0. The number of aliphatic hydroxyl groups is 2. The minimum atomic E-state index is -5.19. The van der Waals surface area contributed by atoms with E-state index < -0.39 is 104 Å². The van der Waals surface area contributed by atoms with Crippen LogP contribution in [0.1, 0.15) is 19.8 Å². The normalized spacial score (nSPS) is 24.2. The number of nitrogens with one attached hydrogen (secondary N) is 3. The van der Waals surface area contributed by atoms with E-state index in [1.165, 1.54) is 0 Å². The number of nitrogens with zero attached hydrogens (tertiary/aromatic N) is 4. The van der Waals surface area contributed by atoms with Crippen LogP contribution in [0.2, 0.25) is 0 Å². The van der Waals surface area contributed by atoms with Crippen molar-refractivity contribution in [3.8, 4) is 0 Å². The summed E-state index contributed by atoms with van der Waals surface area (Å²) < 4.78 is 75.3. The smallest absolute Gasteiger partial charge is 0.317 e. The molecule has 59 heavy (non-hydrogen) atoms. The van der Waals surface area contributed by atoms with Crippen LogP contribution in [-0.4, -0.2) is 247 Å². The van der Waals surface area contributed by atoms with Gasteiger partial charge in [0.05, 0.1) is 32.8 Å². The summed E-state index contributed by atoms with van der Waals surface area (Å²) in [5.74, 6) is -6.57. The number of aliphatic hydroxyl groups excluding tert-OH is 2. The first-order chi connectivity index (χ1) is 27.5. The van der Waals surface area contributed by atoms with Gasteiger partial charge in [-0.05, 0) is 13.3 Å². The molecule has 0 aromatic heterocycles. The van der Waals surface area contributed by atoms with E-state index in [-0.39, 0.29) is 104 Å². The van der Waals surface area contributed by atoms with Crippen molar-refractivity contribution < 1.29 is 89.7 Å². The van der Waals surface area contributed by atoms with E-state index in [1.807, 2.05) is 0 Å². The molecule has 0 aromatic rings. The number of carbonyl (C=O) groups excluding carboxylic acids is 3. The van der Waals surface area contributed by atoms with Gasteiger partial charge in [0.15, 0.2) is 6.29 Å². The zero-order chi connectivity index (χ0) is 44.5.